The molecule has 1 fully saturated rings. The zero-order valence-electron chi connectivity index (χ0n) is 15.3. The molecule has 0 radical (unpaired) electrons. The Kier molecular flexibility index (Phi) is 6.33. The Morgan fingerprint density at radius 3 is 2.78 bits per heavy atom. The third kappa shape index (κ3) is 4.79. The fraction of sp³-hybridized carbons (Fsp3) is 0.500. The summed E-state index contributed by atoms with van der Waals surface area (Å²) in [4.78, 5) is 25.5. The van der Waals surface area contributed by atoms with Crippen LogP contribution < -0.4 is 10.2 Å². The number of hydrogen-bond acceptors (Lipinski definition) is 7. The topological polar surface area (TPSA) is 101 Å². The molecule has 0 saturated carbocycles. The molecule has 9 heteroatoms. The summed E-state index contributed by atoms with van der Waals surface area (Å²) in [5.41, 5.74) is 0.776. The zero-order valence-corrected chi connectivity index (χ0v) is 16.1. The lowest BCUT2D eigenvalue weighted by atomic mass is 10.1. The lowest BCUT2D eigenvalue weighted by Crippen LogP contribution is -2.19. The van der Waals surface area contributed by atoms with Crippen LogP contribution in [0.4, 0.5) is 16.5 Å². The van der Waals surface area contributed by atoms with Gasteiger partial charge in [0.25, 0.3) is 11.6 Å². The number of nitro groups is 1. The molecular weight excluding hydrogens is 366 g/mol. The van der Waals surface area contributed by atoms with E-state index in [2.05, 4.69) is 22.4 Å². The molecule has 1 aromatic heterocycles. The Hall–Kier alpha value is -2.55. The number of hydrogen-bond donors (Lipinski definition) is 1. The highest BCUT2D eigenvalue weighted by Gasteiger charge is 2.24. The Morgan fingerprint density at radius 2 is 2.07 bits per heavy atom. The highest BCUT2D eigenvalue weighted by molar-refractivity contribution is 7.15. The van der Waals surface area contributed by atoms with Crippen LogP contribution in [-0.4, -0.2) is 34.1 Å². The van der Waals surface area contributed by atoms with E-state index in [1.54, 1.807) is 12.1 Å². The van der Waals surface area contributed by atoms with Crippen LogP contribution in [0.5, 0.6) is 0 Å². The van der Waals surface area contributed by atoms with Crippen molar-refractivity contribution in [2.24, 2.45) is 0 Å². The Morgan fingerprint density at radius 1 is 1.30 bits per heavy atom. The van der Waals surface area contributed by atoms with Crippen molar-refractivity contribution < 1.29 is 9.72 Å². The summed E-state index contributed by atoms with van der Waals surface area (Å²) in [6.07, 6.45) is 6.21. The number of aromatic nitrogens is 2. The molecular formula is C18H23N5O3S. The number of carbonyl (C=O) groups is 1. The quantitative estimate of drug-likeness (QED) is 0.415. The summed E-state index contributed by atoms with van der Waals surface area (Å²) >= 11 is 1.34. The second kappa shape index (κ2) is 8.90. The van der Waals surface area contributed by atoms with Gasteiger partial charge < -0.3 is 4.90 Å². The largest absolute Gasteiger partial charge is 0.366 e. The first-order valence-corrected chi connectivity index (χ1v) is 10.1. The van der Waals surface area contributed by atoms with Gasteiger partial charge in [-0.3, -0.25) is 20.2 Å². The van der Waals surface area contributed by atoms with Crippen LogP contribution in [-0.2, 0) is 6.42 Å². The number of anilines is 2. The molecule has 0 aliphatic carbocycles. The van der Waals surface area contributed by atoms with Gasteiger partial charge in [-0.25, -0.2) is 0 Å². The highest BCUT2D eigenvalue weighted by Crippen LogP contribution is 2.32. The molecule has 1 saturated heterocycles. The van der Waals surface area contributed by atoms with Crippen molar-refractivity contribution in [1.29, 1.82) is 0 Å². The Bertz CT molecular complexity index is 817. The molecule has 1 aliphatic rings. The molecule has 0 bridgehead atoms. The van der Waals surface area contributed by atoms with Crippen LogP contribution in [0.25, 0.3) is 0 Å². The summed E-state index contributed by atoms with van der Waals surface area (Å²) < 4.78 is 0. The predicted molar refractivity (Wildman–Crippen MR) is 106 cm³/mol. The maximum absolute atomic E-state index is 12.5. The van der Waals surface area contributed by atoms with Crippen LogP contribution in [0, 0.1) is 10.1 Å². The van der Waals surface area contributed by atoms with E-state index >= 15 is 0 Å². The highest BCUT2D eigenvalue weighted by atomic mass is 32.1. The van der Waals surface area contributed by atoms with Gasteiger partial charge in [-0.15, -0.1) is 10.2 Å². The van der Waals surface area contributed by atoms with Gasteiger partial charge in [-0.05, 0) is 31.4 Å². The van der Waals surface area contributed by atoms with Gasteiger partial charge in [0.15, 0.2) is 0 Å². The number of carbonyl (C=O) groups excluding carboxylic acids is 1. The molecule has 8 nitrogen and oxygen atoms in total. The van der Waals surface area contributed by atoms with Crippen molar-refractivity contribution in [1.82, 2.24) is 10.2 Å². The van der Waals surface area contributed by atoms with Crippen LogP contribution in [0.2, 0.25) is 0 Å². The monoisotopic (exact) mass is 389 g/mol. The number of nitro benzene ring substituents is 1. The smallest absolute Gasteiger partial charge is 0.293 e. The Labute approximate surface area is 161 Å². The number of nitrogens with zero attached hydrogens (tertiary/aromatic N) is 4. The molecule has 0 atom stereocenters. The molecule has 0 spiro atoms. The van der Waals surface area contributed by atoms with E-state index in [9.17, 15) is 14.9 Å². The van der Waals surface area contributed by atoms with Crippen LogP contribution in [0.1, 0.15) is 54.4 Å². The first-order chi connectivity index (χ1) is 13.1. The third-order valence-electron chi connectivity index (χ3n) is 4.56. The van der Waals surface area contributed by atoms with Crippen molar-refractivity contribution in [3.05, 3.63) is 38.9 Å². The van der Waals surface area contributed by atoms with Crippen molar-refractivity contribution in [2.75, 3.05) is 23.3 Å². The van der Waals surface area contributed by atoms with Crippen molar-refractivity contribution >= 4 is 33.8 Å². The number of unbranched alkanes of at least 4 members (excludes halogenated alkanes) is 2. The van der Waals surface area contributed by atoms with Crippen molar-refractivity contribution in [3.8, 4) is 0 Å². The molecule has 1 aromatic carbocycles. The van der Waals surface area contributed by atoms with Gasteiger partial charge in [-0.2, -0.15) is 0 Å². The van der Waals surface area contributed by atoms with Crippen molar-refractivity contribution in [2.45, 2.75) is 45.4 Å². The molecule has 1 amide bonds. The molecule has 1 N–H and O–H groups in total. The SMILES string of the molecule is CCCCCc1nnc(NC(=O)c2ccc(N3CCCC3)c([N+](=O)[O-])c2)s1. The number of benzene rings is 1. The van der Waals surface area contributed by atoms with Gasteiger partial charge in [0.05, 0.1) is 4.92 Å². The van der Waals surface area contributed by atoms with Crippen LogP contribution in [0.15, 0.2) is 18.2 Å². The van der Waals surface area contributed by atoms with E-state index < -0.39 is 10.8 Å². The van der Waals surface area contributed by atoms with Gasteiger partial charge in [0.2, 0.25) is 5.13 Å². The van der Waals surface area contributed by atoms with E-state index in [4.69, 9.17) is 0 Å². The number of aryl methyl sites for hydroxylation is 1. The van der Waals surface area contributed by atoms with Crippen LogP contribution >= 0.6 is 11.3 Å². The molecule has 2 aromatic rings. The minimum atomic E-state index is -0.429. The van der Waals surface area contributed by atoms with E-state index in [1.165, 1.54) is 17.4 Å². The normalized spacial score (nSPS) is 13.7. The summed E-state index contributed by atoms with van der Waals surface area (Å²) in [5.74, 6) is -0.415. The standard InChI is InChI=1S/C18H23N5O3S/c1-2-3-4-7-16-20-21-18(27-16)19-17(24)13-8-9-14(15(12-13)23(25)26)22-10-5-6-11-22/h8-9,12H,2-7,10-11H2,1H3,(H,19,21,24). The van der Waals surface area contributed by atoms with Crippen molar-refractivity contribution in [3.63, 3.8) is 0 Å². The summed E-state index contributed by atoms with van der Waals surface area (Å²) in [6, 6.07) is 4.63. The first-order valence-electron chi connectivity index (χ1n) is 9.25. The van der Waals surface area contributed by atoms with E-state index in [0.717, 1.165) is 56.6 Å². The average molecular weight is 389 g/mol. The molecule has 144 valence electrons. The molecule has 3 rings (SSSR count). The number of rotatable bonds is 8. The maximum Gasteiger partial charge on any atom is 0.293 e. The first kappa shape index (κ1) is 19.2. The maximum atomic E-state index is 12.5. The molecule has 2 heterocycles. The zero-order chi connectivity index (χ0) is 19.2. The fourth-order valence-electron chi connectivity index (χ4n) is 3.14. The summed E-state index contributed by atoms with van der Waals surface area (Å²) in [6.45, 7) is 3.75. The second-order valence-corrected chi connectivity index (χ2v) is 7.63. The minimum absolute atomic E-state index is 0.0398. The summed E-state index contributed by atoms with van der Waals surface area (Å²) in [5, 5.41) is 23.5. The third-order valence-corrected chi connectivity index (χ3v) is 5.46. The lowest BCUT2D eigenvalue weighted by molar-refractivity contribution is -0.384. The Balaban J connectivity index is 1.71. The van der Waals surface area contributed by atoms with E-state index in [1.807, 2.05) is 4.90 Å². The molecule has 1 aliphatic heterocycles. The van der Waals surface area contributed by atoms with Gasteiger partial charge in [-0.1, -0.05) is 31.1 Å². The minimum Gasteiger partial charge on any atom is -0.366 e. The van der Waals surface area contributed by atoms with Gasteiger partial charge in [0, 0.05) is 31.1 Å². The van der Waals surface area contributed by atoms with Gasteiger partial charge in [0.1, 0.15) is 10.7 Å². The summed E-state index contributed by atoms with van der Waals surface area (Å²) in [7, 11) is 0. The van der Waals surface area contributed by atoms with E-state index in [0.29, 0.717) is 10.8 Å². The average Bonchev–Trinajstić information content (AvgIpc) is 3.33. The number of amides is 1. The predicted octanol–water partition coefficient (Wildman–Crippen LogP) is 4.03. The van der Waals surface area contributed by atoms with E-state index in [-0.39, 0.29) is 11.3 Å². The lowest BCUT2D eigenvalue weighted by Gasteiger charge is -2.17. The van der Waals surface area contributed by atoms with Gasteiger partial charge >= 0.3 is 0 Å². The molecule has 0 unspecified atom stereocenters. The number of nitrogens with one attached hydrogen (secondary N) is 1. The molecule has 27 heavy (non-hydrogen) atoms. The van der Waals surface area contributed by atoms with Crippen LogP contribution in [0.3, 0.4) is 0 Å². The second-order valence-electron chi connectivity index (χ2n) is 6.57. The fourth-order valence-corrected chi connectivity index (χ4v) is 3.91.